The molecule has 0 saturated carbocycles. The van der Waals surface area contributed by atoms with Gasteiger partial charge in [0.25, 0.3) is 0 Å². The van der Waals surface area contributed by atoms with Crippen LogP contribution in [-0.2, 0) is 14.3 Å². The fourth-order valence-electron chi connectivity index (χ4n) is 4.02. The van der Waals surface area contributed by atoms with E-state index in [9.17, 15) is 4.79 Å². The second-order valence-electron chi connectivity index (χ2n) is 6.58. The molecule has 0 aromatic carbocycles. The zero-order valence-electron chi connectivity index (χ0n) is 12.1. The fraction of sp³-hybridized carbons (Fsp3) is 0.933. The third-order valence-electron chi connectivity index (χ3n) is 5.06. The molecule has 3 fully saturated rings. The molecule has 3 aliphatic rings. The first kappa shape index (κ1) is 14.3. The third-order valence-corrected chi connectivity index (χ3v) is 5.06. The summed E-state index contributed by atoms with van der Waals surface area (Å²) in [5, 5.41) is 8.97. The number of rotatable bonds is 3. The topological polar surface area (TPSA) is 59.0 Å². The van der Waals surface area contributed by atoms with Gasteiger partial charge >= 0.3 is 5.97 Å². The van der Waals surface area contributed by atoms with Crippen molar-refractivity contribution in [3.8, 4) is 0 Å². The summed E-state index contributed by atoms with van der Waals surface area (Å²) in [6.07, 6.45) is 5.62. The minimum Gasteiger partial charge on any atom is -0.481 e. The standard InChI is InChI=1S/C15H25NO4/c17-14(18)8-12-2-1-5-16(10-12)13-3-6-20-15(9-13)4-7-19-11-15/h12-13H,1-11H2,(H,17,18). The molecule has 5 nitrogen and oxygen atoms in total. The lowest BCUT2D eigenvalue weighted by Crippen LogP contribution is -2.51. The van der Waals surface area contributed by atoms with E-state index in [0.29, 0.717) is 18.4 Å². The molecule has 5 heteroatoms. The molecular weight excluding hydrogens is 258 g/mol. The van der Waals surface area contributed by atoms with Crippen LogP contribution in [0.15, 0.2) is 0 Å². The maximum Gasteiger partial charge on any atom is 0.303 e. The lowest BCUT2D eigenvalue weighted by Gasteiger charge is -2.44. The van der Waals surface area contributed by atoms with E-state index in [0.717, 1.165) is 65.0 Å². The van der Waals surface area contributed by atoms with Gasteiger partial charge in [-0.25, -0.2) is 0 Å². The van der Waals surface area contributed by atoms with Crippen LogP contribution in [-0.4, -0.2) is 60.5 Å². The highest BCUT2D eigenvalue weighted by atomic mass is 16.6. The Bertz CT molecular complexity index is 354. The van der Waals surface area contributed by atoms with Gasteiger partial charge in [0.15, 0.2) is 0 Å². The fourth-order valence-corrected chi connectivity index (χ4v) is 4.02. The molecule has 3 heterocycles. The van der Waals surface area contributed by atoms with Crippen LogP contribution in [0.3, 0.4) is 0 Å². The van der Waals surface area contributed by atoms with Crippen molar-refractivity contribution in [3.05, 3.63) is 0 Å². The first-order chi connectivity index (χ1) is 9.67. The van der Waals surface area contributed by atoms with Gasteiger partial charge in [-0.3, -0.25) is 9.69 Å². The third kappa shape index (κ3) is 3.15. The van der Waals surface area contributed by atoms with Crippen LogP contribution in [0.25, 0.3) is 0 Å². The Morgan fingerprint density at radius 3 is 3.00 bits per heavy atom. The number of nitrogens with zero attached hydrogens (tertiary/aromatic N) is 1. The molecule has 0 amide bonds. The normalized spacial score (nSPS) is 39.2. The lowest BCUT2D eigenvalue weighted by molar-refractivity contribution is -0.139. The molecule has 3 rings (SSSR count). The highest BCUT2D eigenvalue weighted by Crippen LogP contribution is 2.36. The molecule has 3 unspecified atom stereocenters. The van der Waals surface area contributed by atoms with Crippen LogP contribution in [0.1, 0.15) is 38.5 Å². The number of hydrogen-bond acceptors (Lipinski definition) is 4. The average molecular weight is 283 g/mol. The van der Waals surface area contributed by atoms with Crippen molar-refractivity contribution < 1.29 is 19.4 Å². The van der Waals surface area contributed by atoms with Crippen molar-refractivity contribution in [1.29, 1.82) is 0 Å². The highest BCUT2D eigenvalue weighted by Gasteiger charge is 2.43. The predicted molar refractivity (Wildman–Crippen MR) is 73.7 cm³/mol. The van der Waals surface area contributed by atoms with Crippen LogP contribution < -0.4 is 0 Å². The number of carbonyl (C=O) groups is 1. The molecule has 3 atom stereocenters. The highest BCUT2D eigenvalue weighted by molar-refractivity contribution is 5.67. The Hall–Kier alpha value is -0.650. The monoisotopic (exact) mass is 283 g/mol. The van der Waals surface area contributed by atoms with Gasteiger partial charge in [-0.2, -0.15) is 0 Å². The van der Waals surface area contributed by atoms with Gasteiger partial charge in [0.2, 0.25) is 0 Å². The molecule has 1 spiro atoms. The van der Waals surface area contributed by atoms with Gasteiger partial charge in [0.1, 0.15) is 0 Å². The van der Waals surface area contributed by atoms with Gasteiger partial charge in [0.05, 0.1) is 12.2 Å². The second-order valence-corrected chi connectivity index (χ2v) is 6.58. The second kappa shape index (κ2) is 6.00. The Labute approximate surface area is 120 Å². The number of carboxylic acid groups (broad SMARTS) is 1. The summed E-state index contributed by atoms with van der Waals surface area (Å²) in [6.45, 7) is 4.41. The Morgan fingerprint density at radius 2 is 2.25 bits per heavy atom. The van der Waals surface area contributed by atoms with Crippen molar-refractivity contribution in [2.24, 2.45) is 5.92 Å². The molecular formula is C15H25NO4. The average Bonchev–Trinajstić information content (AvgIpc) is 2.86. The van der Waals surface area contributed by atoms with Gasteiger partial charge in [-0.05, 0) is 38.1 Å². The van der Waals surface area contributed by atoms with E-state index in [1.54, 1.807) is 0 Å². The van der Waals surface area contributed by atoms with E-state index in [1.165, 1.54) is 0 Å². The molecule has 20 heavy (non-hydrogen) atoms. The first-order valence-corrected chi connectivity index (χ1v) is 7.84. The van der Waals surface area contributed by atoms with E-state index in [1.807, 2.05) is 0 Å². The molecule has 0 bridgehead atoms. The van der Waals surface area contributed by atoms with E-state index in [-0.39, 0.29) is 5.60 Å². The largest absolute Gasteiger partial charge is 0.481 e. The zero-order valence-corrected chi connectivity index (χ0v) is 12.1. The minimum absolute atomic E-state index is 0.0529. The van der Waals surface area contributed by atoms with Crippen molar-refractivity contribution in [1.82, 2.24) is 4.90 Å². The lowest BCUT2D eigenvalue weighted by atomic mass is 9.86. The number of ether oxygens (including phenoxy) is 2. The van der Waals surface area contributed by atoms with E-state index >= 15 is 0 Å². The van der Waals surface area contributed by atoms with Crippen LogP contribution >= 0.6 is 0 Å². The van der Waals surface area contributed by atoms with Crippen LogP contribution in [0, 0.1) is 5.92 Å². The molecule has 3 aliphatic heterocycles. The summed E-state index contributed by atoms with van der Waals surface area (Å²) in [5.74, 6) is -0.343. The van der Waals surface area contributed by atoms with E-state index in [2.05, 4.69) is 4.90 Å². The summed E-state index contributed by atoms with van der Waals surface area (Å²) in [5.41, 5.74) is -0.0529. The van der Waals surface area contributed by atoms with Gasteiger partial charge in [-0.1, -0.05) is 0 Å². The van der Waals surface area contributed by atoms with Crippen molar-refractivity contribution in [2.45, 2.75) is 50.2 Å². The van der Waals surface area contributed by atoms with Crippen molar-refractivity contribution >= 4 is 5.97 Å². The molecule has 1 N–H and O–H groups in total. The van der Waals surface area contributed by atoms with Crippen molar-refractivity contribution in [2.75, 3.05) is 32.9 Å². The van der Waals surface area contributed by atoms with Crippen LogP contribution in [0.5, 0.6) is 0 Å². The van der Waals surface area contributed by atoms with Gasteiger partial charge < -0.3 is 14.6 Å². The number of carboxylic acids is 1. The molecule has 0 aromatic heterocycles. The quantitative estimate of drug-likeness (QED) is 0.851. The van der Waals surface area contributed by atoms with E-state index < -0.39 is 5.97 Å². The zero-order chi connectivity index (χ0) is 14.0. The molecule has 0 aliphatic carbocycles. The smallest absolute Gasteiger partial charge is 0.303 e. The predicted octanol–water partition coefficient (Wildman–Crippen LogP) is 1.51. The van der Waals surface area contributed by atoms with Crippen LogP contribution in [0.4, 0.5) is 0 Å². The number of hydrogen-bond donors (Lipinski definition) is 1. The maximum absolute atomic E-state index is 10.9. The Kier molecular flexibility index (Phi) is 4.29. The first-order valence-electron chi connectivity index (χ1n) is 7.84. The molecule has 0 aromatic rings. The maximum atomic E-state index is 10.9. The minimum atomic E-state index is -0.663. The summed E-state index contributed by atoms with van der Waals surface area (Å²) >= 11 is 0. The molecule has 3 saturated heterocycles. The van der Waals surface area contributed by atoms with Crippen LogP contribution in [0.2, 0.25) is 0 Å². The van der Waals surface area contributed by atoms with Crippen molar-refractivity contribution in [3.63, 3.8) is 0 Å². The summed E-state index contributed by atoms with van der Waals surface area (Å²) in [4.78, 5) is 13.4. The SMILES string of the molecule is O=C(O)CC1CCCN(C2CCOC3(CCOC3)C2)C1. The summed E-state index contributed by atoms with van der Waals surface area (Å²) in [7, 11) is 0. The Balaban J connectivity index is 1.58. The number of aliphatic carboxylic acids is 1. The number of piperidine rings is 1. The molecule has 0 radical (unpaired) electrons. The molecule has 114 valence electrons. The Morgan fingerprint density at radius 1 is 1.35 bits per heavy atom. The summed E-state index contributed by atoms with van der Waals surface area (Å²) in [6, 6.07) is 0.544. The summed E-state index contributed by atoms with van der Waals surface area (Å²) < 4.78 is 11.5. The number of likely N-dealkylation sites (tertiary alicyclic amines) is 1. The van der Waals surface area contributed by atoms with Gasteiger partial charge in [-0.15, -0.1) is 0 Å². The van der Waals surface area contributed by atoms with Gasteiger partial charge in [0, 0.05) is 38.6 Å². The van der Waals surface area contributed by atoms with E-state index in [4.69, 9.17) is 14.6 Å².